The van der Waals surface area contributed by atoms with Crippen molar-refractivity contribution in [1.29, 1.82) is 0 Å². The Balaban J connectivity index is 2.21. The van der Waals surface area contributed by atoms with E-state index in [2.05, 4.69) is 0 Å². The first kappa shape index (κ1) is 7.61. The van der Waals surface area contributed by atoms with Crippen LogP contribution >= 0.6 is 0 Å². The fourth-order valence-corrected chi connectivity index (χ4v) is 2.19. The molecule has 0 spiro atoms. The number of rotatable bonds is 1. The molecule has 0 amide bonds. The molecule has 0 saturated heterocycles. The lowest BCUT2D eigenvalue weighted by molar-refractivity contribution is 0.624. The van der Waals surface area contributed by atoms with E-state index in [4.69, 9.17) is 2.74 Å². The highest BCUT2D eigenvalue weighted by Crippen LogP contribution is 2.38. The first-order valence-electron chi connectivity index (χ1n) is 6.47. The molecule has 2 aromatic rings. The van der Waals surface area contributed by atoms with Crippen molar-refractivity contribution < 1.29 is 7.13 Å². The summed E-state index contributed by atoms with van der Waals surface area (Å²) in [4.78, 5) is 0. The molecular formula is C15H13F. The molecule has 1 aliphatic carbocycles. The Morgan fingerprint density at radius 2 is 2.00 bits per heavy atom. The highest BCUT2D eigenvalue weighted by Gasteiger charge is 2.23. The summed E-state index contributed by atoms with van der Waals surface area (Å²) in [5.74, 6) is -1.49. The van der Waals surface area contributed by atoms with Crippen molar-refractivity contribution in [3.63, 3.8) is 0 Å². The highest BCUT2D eigenvalue weighted by atomic mass is 19.1. The average Bonchev–Trinajstić information content (AvgIpc) is 2.64. The lowest BCUT2D eigenvalue weighted by Gasteiger charge is -2.11. The van der Waals surface area contributed by atoms with Gasteiger partial charge in [-0.2, -0.15) is 0 Å². The fourth-order valence-electron chi connectivity index (χ4n) is 2.19. The average molecular weight is 214 g/mol. The van der Waals surface area contributed by atoms with Crippen molar-refractivity contribution in [3.05, 3.63) is 71.0 Å². The molecule has 1 aliphatic rings. The maximum absolute atomic E-state index is 13.4. The molecule has 80 valence electrons. The second kappa shape index (κ2) is 3.75. The van der Waals surface area contributed by atoms with Gasteiger partial charge in [0.1, 0.15) is 5.82 Å². The first-order chi connectivity index (χ1) is 8.62. The van der Waals surface area contributed by atoms with E-state index >= 15 is 0 Å². The maximum Gasteiger partial charge on any atom is 0.123 e. The van der Waals surface area contributed by atoms with Crippen molar-refractivity contribution in [3.8, 4) is 0 Å². The van der Waals surface area contributed by atoms with Crippen LogP contribution in [0.5, 0.6) is 0 Å². The van der Waals surface area contributed by atoms with Gasteiger partial charge < -0.3 is 0 Å². The van der Waals surface area contributed by atoms with Gasteiger partial charge in [0.05, 0.1) is 0 Å². The minimum absolute atomic E-state index is 0.338. The number of hydrogen-bond acceptors (Lipinski definition) is 0. The van der Waals surface area contributed by atoms with E-state index in [0.29, 0.717) is 12.0 Å². The van der Waals surface area contributed by atoms with Crippen LogP contribution < -0.4 is 0 Å². The maximum atomic E-state index is 13.4. The summed E-state index contributed by atoms with van der Waals surface area (Å²) >= 11 is 0. The van der Waals surface area contributed by atoms with Gasteiger partial charge in [0.2, 0.25) is 0 Å². The minimum Gasteiger partial charge on any atom is -0.207 e. The van der Waals surface area contributed by atoms with E-state index in [0.717, 1.165) is 11.1 Å². The molecule has 0 nitrogen and oxygen atoms in total. The molecule has 0 radical (unpaired) electrons. The molecule has 0 aliphatic heterocycles. The minimum atomic E-state index is -1.15. The normalized spacial score (nSPS) is 29.4. The topological polar surface area (TPSA) is 0 Å². The summed E-state index contributed by atoms with van der Waals surface area (Å²) in [6.07, 6.45) is -0.0784. The smallest absolute Gasteiger partial charge is 0.123 e. The molecule has 2 unspecified atom stereocenters. The Bertz CT molecular complexity index is 582. The Kier molecular flexibility index (Phi) is 1.78. The molecule has 0 bridgehead atoms. The SMILES string of the molecule is [2H]C1Cc2ccc(F)cc2C1([2H])c1ccccc1. The molecule has 1 heteroatoms. The Morgan fingerprint density at radius 1 is 1.19 bits per heavy atom. The molecule has 16 heavy (non-hydrogen) atoms. The van der Waals surface area contributed by atoms with Gasteiger partial charge in [-0.15, -0.1) is 0 Å². The van der Waals surface area contributed by atoms with Gasteiger partial charge in [-0.3, -0.25) is 0 Å². The van der Waals surface area contributed by atoms with Gasteiger partial charge in [0, 0.05) is 8.64 Å². The van der Waals surface area contributed by atoms with Gasteiger partial charge in [-0.1, -0.05) is 36.4 Å². The van der Waals surface area contributed by atoms with Crippen LogP contribution in [0.3, 0.4) is 0 Å². The quantitative estimate of drug-likeness (QED) is 0.675. The standard InChI is InChI=1S/C15H13F/c16-13-8-6-12-7-9-14(15(12)10-13)11-4-2-1-3-5-11/h1-6,8,10,14H,7,9H2/i9D,14D. The number of hydrogen-bond donors (Lipinski definition) is 0. The molecule has 0 fully saturated rings. The van der Waals surface area contributed by atoms with E-state index in [-0.39, 0.29) is 5.82 Å². The number of benzene rings is 2. The molecule has 0 heterocycles. The molecule has 3 rings (SSSR count). The zero-order valence-corrected chi connectivity index (χ0v) is 8.78. The Labute approximate surface area is 97.6 Å². The molecule has 0 N–H and O–H groups in total. The van der Waals surface area contributed by atoms with Gasteiger partial charge in [0.25, 0.3) is 0 Å². The van der Waals surface area contributed by atoms with Crippen LogP contribution in [-0.4, -0.2) is 0 Å². The van der Waals surface area contributed by atoms with Crippen molar-refractivity contribution in [1.82, 2.24) is 0 Å². The third-order valence-electron chi connectivity index (χ3n) is 2.97. The van der Waals surface area contributed by atoms with Crippen molar-refractivity contribution in [2.24, 2.45) is 0 Å². The molecule has 0 saturated carbocycles. The summed E-state index contributed by atoms with van der Waals surface area (Å²) in [6.45, 7) is 0. The second-order valence-electron chi connectivity index (χ2n) is 3.99. The fraction of sp³-hybridized carbons (Fsp3) is 0.200. The van der Waals surface area contributed by atoms with Crippen LogP contribution in [0.15, 0.2) is 48.5 Å². The summed E-state index contributed by atoms with van der Waals surface area (Å²) in [5, 5.41) is 0. The third kappa shape index (κ3) is 1.53. The molecule has 2 aromatic carbocycles. The lowest BCUT2D eigenvalue weighted by Crippen LogP contribution is -1.96. The van der Waals surface area contributed by atoms with Crippen LogP contribution in [-0.2, 0) is 6.42 Å². The highest BCUT2D eigenvalue weighted by molar-refractivity contribution is 5.42. The van der Waals surface area contributed by atoms with Crippen LogP contribution in [0.4, 0.5) is 4.39 Å². The number of fused-ring (bicyclic) bond motifs is 1. The third-order valence-corrected chi connectivity index (χ3v) is 2.97. The number of halogens is 1. The molecule has 0 aromatic heterocycles. The van der Waals surface area contributed by atoms with E-state index in [9.17, 15) is 4.39 Å². The van der Waals surface area contributed by atoms with Crippen LogP contribution in [0, 0.1) is 5.82 Å². The van der Waals surface area contributed by atoms with E-state index in [1.807, 2.05) is 30.3 Å². The number of aryl methyl sites for hydroxylation is 1. The van der Waals surface area contributed by atoms with Crippen LogP contribution in [0.1, 0.15) is 31.7 Å². The lowest BCUT2D eigenvalue weighted by atomic mass is 9.93. The van der Waals surface area contributed by atoms with Crippen molar-refractivity contribution in [2.75, 3.05) is 0 Å². The van der Waals surface area contributed by atoms with E-state index in [1.54, 1.807) is 6.07 Å². The zero-order chi connectivity index (χ0) is 12.8. The summed E-state index contributed by atoms with van der Waals surface area (Å²) in [6, 6.07) is 13.8. The Morgan fingerprint density at radius 3 is 2.81 bits per heavy atom. The van der Waals surface area contributed by atoms with E-state index < -0.39 is 12.3 Å². The monoisotopic (exact) mass is 214 g/mol. The van der Waals surface area contributed by atoms with Crippen LogP contribution in [0.2, 0.25) is 0 Å². The van der Waals surface area contributed by atoms with Gasteiger partial charge >= 0.3 is 0 Å². The predicted octanol–water partition coefficient (Wildman–Crippen LogP) is 3.90. The predicted molar refractivity (Wildman–Crippen MR) is 63.0 cm³/mol. The van der Waals surface area contributed by atoms with Gasteiger partial charge in [-0.05, 0) is 41.6 Å². The summed E-state index contributed by atoms with van der Waals surface area (Å²) < 4.78 is 30.2. The largest absolute Gasteiger partial charge is 0.207 e. The van der Waals surface area contributed by atoms with Crippen molar-refractivity contribution in [2.45, 2.75) is 18.7 Å². The first-order valence-corrected chi connectivity index (χ1v) is 5.39. The molecular weight excluding hydrogens is 199 g/mol. The Hall–Kier alpha value is -1.63. The molecule has 2 atom stereocenters. The van der Waals surface area contributed by atoms with Gasteiger partial charge in [0.15, 0.2) is 0 Å². The second-order valence-corrected chi connectivity index (χ2v) is 3.99. The van der Waals surface area contributed by atoms with E-state index in [1.165, 1.54) is 12.1 Å². The van der Waals surface area contributed by atoms with Crippen LogP contribution in [0.25, 0.3) is 0 Å². The summed E-state index contributed by atoms with van der Waals surface area (Å²) in [5.41, 5.74) is 2.30. The van der Waals surface area contributed by atoms with Gasteiger partial charge in [-0.25, -0.2) is 4.39 Å². The van der Waals surface area contributed by atoms with Crippen molar-refractivity contribution >= 4 is 0 Å². The zero-order valence-electron chi connectivity index (χ0n) is 10.8. The summed E-state index contributed by atoms with van der Waals surface area (Å²) in [7, 11) is 0.